The van der Waals surface area contributed by atoms with E-state index in [1.54, 1.807) is 54.6 Å². The fraction of sp³-hybridized carbons (Fsp3) is 0.333. The molecule has 1 saturated heterocycles. The van der Waals surface area contributed by atoms with E-state index in [1.165, 1.54) is 18.3 Å². The minimum atomic E-state index is -0.870. The number of nitrogens with zero attached hydrogens (tertiary/aromatic N) is 1. The minimum absolute atomic E-state index is 0.0127. The second-order valence-electron chi connectivity index (χ2n) is 9.41. The summed E-state index contributed by atoms with van der Waals surface area (Å²) in [7, 11) is 1.54. The van der Waals surface area contributed by atoms with Crippen molar-refractivity contribution < 1.29 is 33.3 Å². The number of rotatable bonds is 11. The van der Waals surface area contributed by atoms with Crippen LogP contribution in [0.3, 0.4) is 0 Å². The highest BCUT2D eigenvalue weighted by Crippen LogP contribution is 2.43. The summed E-state index contributed by atoms with van der Waals surface area (Å²) in [6, 6.07) is 14.6. The molecule has 8 heteroatoms. The quantitative estimate of drug-likeness (QED) is 0.196. The molecule has 1 aromatic heterocycles. The molecule has 0 saturated carbocycles. The number of methoxy groups -OCH3 is 1. The third-order valence-electron chi connectivity index (χ3n) is 6.34. The van der Waals surface area contributed by atoms with Crippen molar-refractivity contribution in [1.82, 2.24) is 4.90 Å². The van der Waals surface area contributed by atoms with Crippen LogP contribution < -0.4 is 14.2 Å². The number of hydrogen-bond acceptors (Lipinski definition) is 7. The van der Waals surface area contributed by atoms with Crippen molar-refractivity contribution in [3.8, 4) is 17.2 Å². The molecule has 0 spiro atoms. The number of benzene rings is 2. The zero-order valence-corrected chi connectivity index (χ0v) is 22.1. The first kappa shape index (κ1) is 26.9. The van der Waals surface area contributed by atoms with Gasteiger partial charge in [0.05, 0.1) is 44.7 Å². The van der Waals surface area contributed by atoms with Gasteiger partial charge in [-0.2, -0.15) is 0 Å². The Balaban J connectivity index is 1.78. The number of likely N-dealkylation sites (tertiary alicyclic amines) is 1. The van der Waals surface area contributed by atoms with Gasteiger partial charge in [0.15, 0.2) is 11.5 Å². The molecule has 1 atom stereocenters. The maximum Gasteiger partial charge on any atom is 0.296 e. The van der Waals surface area contributed by atoms with Crippen molar-refractivity contribution in [3.63, 3.8) is 0 Å². The Morgan fingerprint density at radius 1 is 1.05 bits per heavy atom. The number of carbonyl (C=O) groups is 2. The average Bonchev–Trinajstić information content (AvgIpc) is 3.51. The van der Waals surface area contributed by atoms with E-state index in [1.807, 2.05) is 6.92 Å². The van der Waals surface area contributed by atoms with Crippen LogP contribution in [0, 0.1) is 5.92 Å². The summed E-state index contributed by atoms with van der Waals surface area (Å²) in [6.07, 6.45) is 2.39. The summed E-state index contributed by atoms with van der Waals surface area (Å²) in [5, 5.41) is 11.3. The van der Waals surface area contributed by atoms with Crippen molar-refractivity contribution in [1.29, 1.82) is 0 Å². The fourth-order valence-corrected chi connectivity index (χ4v) is 4.37. The van der Waals surface area contributed by atoms with Crippen LogP contribution in [0.1, 0.15) is 50.1 Å². The highest BCUT2D eigenvalue weighted by Gasteiger charge is 2.46. The Labute approximate surface area is 222 Å². The van der Waals surface area contributed by atoms with Crippen LogP contribution in [-0.2, 0) is 16.1 Å². The van der Waals surface area contributed by atoms with Gasteiger partial charge in [-0.3, -0.25) is 9.59 Å². The molecule has 1 fully saturated rings. The fourth-order valence-electron chi connectivity index (χ4n) is 4.37. The van der Waals surface area contributed by atoms with Crippen molar-refractivity contribution >= 4 is 17.4 Å². The lowest BCUT2D eigenvalue weighted by molar-refractivity contribution is -0.140. The molecule has 0 unspecified atom stereocenters. The van der Waals surface area contributed by atoms with E-state index >= 15 is 0 Å². The Bertz CT molecular complexity index is 1290. The predicted octanol–water partition coefficient (Wildman–Crippen LogP) is 5.73. The third kappa shape index (κ3) is 5.69. The average molecular weight is 520 g/mol. The molecular weight excluding hydrogens is 486 g/mol. The summed E-state index contributed by atoms with van der Waals surface area (Å²) >= 11 is 0. The van der Waals surface area contributed by atoms with E-state index in [2.05, 4.69) is 13.8 Å². The van der Waals surface area contributed by atoms with Crippen molar-refractivity contribution in [2.24, 2.45) is 5.92 Å². The monoisotopic (exact) mass is 519 g/mol. The number of amides is 1. The topological polar surface area (TPSA) is 98.4 Å². The molecule has 1 amide bonds. The highest BCUT2D eigenvalue weighted by molar-refractivity contribution is 6.46. The van der Waals surface area contributed by atoms with Gasteiger partial charge in [0.1, 0.15) is 17.3 Å². The highest BCUT2D eigenvalue weighted by atomic mass is 16.5. The molecule has 0 radical (unpaired) electrons. The lowest BCUT2D eigenvalue weighted by Gasteiger charge is -2.25. The molecule has 4 rings (SSSR count). The first-order valence-electron chi connectivity index (χ1n) is 12.7. The number of ether oxygens (including phenoxy) is 3. The lowest BCUT2D eigenvalue weighted by Crippen LogP contribution is -2.29. The zero-order valence-electron chi connectivity index (χ0n) is 22.1. The largest absolute Gasteiger partial charge is 0.507 e. The van der Waals surface area contributed by atoms with E-state index in [0.29, 0.717) is 53.3 Å². The smallest absolute Gasteiger partial charge is 0.296 e. The maximum absolute atomic E-state index is 13.3. The molecule has 2 heterocycles. The zero-order chi connectivity index (χ0) is 27.2. The molecule has 38 heavy (non-hydrogen) atoms. The summed E-state index contributed by atoms with van der Waals surface area (Å²) in [5.41, 5.74) is 0.979. The van der Waals surface area contributed by atoms with Crippen LogP contribution in [0.5, 0.6) is 17.2 Å². The number of carbonyl (C=O) groups excluding carboxylic acids is 2. The number of hydrogen-bond donors (Lipinski definition) is 1. The SMILES string of the molecule is CCOc1ccc(C(O)=C2C(=O)C(=O)N(Cc3ccco3)[C@H]2c2ccc(OCCC(C)C)c(OC)c2)cc1. The lowest BCUT2D eigenvalue weighted by atomic mass is 9.95. The van der Waals surface area contributed by atoms with Crippen molar-refractivity contribution in [2.75, 3.05) is 20.3 Å². The van der Waals surface area contributed by atoms with Gasteiger partial charge >= 0.3 is 0 Å². The second-order valence-corrected chi connectivity index (χ2v) is 9.41. The predicted molar refractivity (Wildman–Crippen MR) is 142 cm³/mol. The van der Waals surface area contributed by atoms with E-state index in [9.17, 15) is 14.7 Å². The first-order chi connectivity index (χ1) is 18.3. The number of furan rings is 1. The van der Waals surface area contributed by atoms with Gasteiger partial charge in [0.25, 0.3) is 11.7 Å². The van der Waals surface area contributed by atoms with Crippen LogP contribution in [0.4, 0.5) is 0 Å². The van der Waals surface area contributed by atoms with E-state index in [4.69, 9.17) is 18.6 Å². The van der Waals surface area contributed by atoms with Gasteiger partial charge < -0.3 is 28.6 Å². The van der Waals surface area contributed by atoms with Crippen LogP contribution in [-0.4, -0.2) is 42.0 Å². The van der Waals surface area contributed by atoms with Crippen LogP contribution in [0.25, 0.3) is 5.76 Å². The molecule has 1 aliphatic heterocycles. The first-order valence-corrected chi connectivity index (χ1v) is 12.7. The Morgan fingerprint density at radius 3 is 2.45 bits per heavy atom. The number of ketones is 1. The molecule has 1 aliphatic rings. The summed E-state index contributed by atoms with van der Waals surface area (Å²) in [6.45, 7) is 7.21. The maximum atomic E-state index is 13.3. The summed E-state index contributed by atoms with van der Waals surface area (Å²) < 4.78 is 22.5. The molecule has 3 aromatic rings. The summed E-state index contributed by atoms with van der Waals surface area (Å²) in [5.74, 6) is 0.899. The minimum Gasteiger partial charge on any atom is -0.507 e. The Kier molecular flexibility index (Phi) is 8.41. The number of aliphatic hydroxyl groups excluding tert-OH is 1. The number of Topliss-reactive ketones (excluding diaryl/α,β-unsaturated/α-hetero) is 1. The Hall–Kier alpha value is -4.20. The second kappa shape index (κ2) is 11.9. The molecule has 0 aliphatic carbocycles. The van der Waals surface area contributed by atoms with Crippen LogP contribution >= 0.6 is 0 Å². The van der Waals surface area contributed by atoms with Crippen LogP contribution in [0.15, 0.2) is 70.9 Å². The van der Waals surface area contributed by atoms with Gasteiger partial charge in [-0.05, 0) is 73.4 Å². The third-order valence-corrected chi connectivity index (χ3v) is 6.34. The van der Waals surface area contributed by atoms with Gasteiger partial charge in [0.2, 0.25) is 0 Å². The van der Waals surface area contributed by atoms with E-state index in [0.717, 1.165) is 6.42 Å². The van der Waals surface area contributed by atoms with Crippen molar-refractivity contribution in [3.05, 3.63) is 83.3 Å². The number of aliphatic hydroxyl groups is 1. The van der Waals surface area contributed by atoms with Gasteiger partial charge in [-0.15, -0.1) is 0 Å². The van der Waals surface area contributed by atoms with Gasteiger partial charge in [-0.1, -0.05) is 19.9 Å². The molecular formula is C30H33NO7. The molecule has 0 bridgehead atoms. The standard InChI is InChI=1S/C30H33NO7/c1-5-36-22-11-8-20(9-12-22)28(32)26-27(31(30(34)29(26)33)18-23-7-6-15-37-23)21-10-13-24(25(17-21)35-4)38-16-14-19(2)3/h6-13,15,17,19,27,32H,5,14,16,18H2,1-4H3/t27-/m0/s1. The normalized spacial score (nSPS) is 16.8. The van der Waals surface area contributed by atoms with E-state index in [-0.39, 0.29) is 17.9 Å². The van der Waals surface area contributed by atoms with Gasteiger partial charge in [-0.25, -0.2) is 0 Å². The van der Waals surface area contributed by atoms with Crippen molar-refractivity contribution in [2.45, 2.75) is 39.8 Å². The Morgan fingerprint density at radius 2 is 1.82 bits per heavy atom. The molecule has 200 valence electrons. The molecule has 2 aromatic carbocycles. The molecule has 8 nitrogen and oxygen atoms in total. The molecule has 1 N–H and O–H groups in total. The van der Waals surface area contributed by atoms with Gasteiger partial charge in [0, 0.05) is 5.56 Å². The summed E-state index contributed by atoms with van der Waals surface area (Å²) in [4.78, 5) is 28.0. The van der Waals surface area contributed by atoms with E-state index < -0.39 is 17.7 Å². The van der Waals surface area contributed by atoms with Crippen LogP contribution in [0.2, 0.25) is 0 Å².